The van der Waals surface area contributed by atoms with Gasteiger partial charge < -0.3 is 0 Å². The van der Waals surface area contributed by atoms with Crippen LogP contribution >= 0.6 is 40.4 Å². The minimum atomic E-state index is -2.61. The summed E-state index contributed by atoms with van der Waals surface area (Å²) in [4.78, 5) is 1.06. The molecule has 0 radical (unpaired) electrons. The summed E-state index contributed by atoms with van der Waals surface area (Å²) < 4.78 is 15.5. The zero-order chi connectivity index (χ0) is 14.0. The Morgan fingerprint density at radius 1 is 0.900 bits per heavy atom. The first kappa shape index (κ1) is 14.2. The Bertz CT molecular complexity index is 677. The van der Waals surface area contributed by atoms with Crippen LogP contribution in [0.5, 0.6) is 0 Å². The Morgan fingerprint density at radius 2 is 1.45 bits per heavy atom. The molecule has 0 unspecified atom stereocenters. The van der Waals surface area contributed by atoms with Crippen molar-refractivity contribution >= 4 is 49.6 Å². The third-order valence-electron chi connectivity index (χ3n) is 2.85. The quantitative estimate of drug-likeness (QED) is 0.614. The molecule has 102 valence electrons. The van der Waals surface area contributed by atoms with Crippen LogP contribution in [0, 0.1) is 6.92 Å². The molecular formula is C15H13OPS3. The lowest BCUT2D eigenvalue weighted by Crippen LogP contribution is -2.06. The highest BCUT2D eigenvalue weighted by molar-refractivity contribution is 8.63. The molecule has 20 heavy (non-hydrogen) atoms. The first-order valence-corrected chi connectivity index (χ1v) is 11.0. The Hall–Kier alpha value is -0.800. The van der Waals surface area contributed by atoms with Gasteiger partial charge in [0, 0.05) is 4.90 Å². The van der Waals surface area contributed by atoms with Gasteiger partial charge in [-0.3, -0.25) is 4.57 Å². The van der Waals surface area contributed by atoms with E-state index in [1.54, 1.807) is 22.7 Å². The number of rotatable bonds is 4. The fourth-order valence-electron chi connectivity index (χ4n) is 1.82. The summed E-state index contributed by atoms with van der Waals surface area (Å²) in [5.74, 6) is 0. The van der Waals surface area contributed by atoms with Crippen LogP contribution in [0.3, 0.4) is 0 Å². The minimum Gasteiger partial charge on any atom is -0.300 e. The van der Waals surface area contributed by atoms with Gasteiger partial charge in [0.1, 0.15) is 0 Å². The van der Waals surface area contributed by atoms with E-state index in [-0.39, 0.29) is 0 Å². The fourth-order valence-corrected chi connectivity index (χ4v) is 10.1. The summed E-state index contributed by atoms with van der Waals surface area (Å²) in [7, 11) is 0. The van der Waals surface area contributed by atoms with E-state index in [4.69, 9.17) is 0 Å². The van der Waals surface area contributed by atoms with Crippen molar-refractivity contribution < 1.29 is 4.57 Å². The van der Waals surface area contributed by atoms with Crippen molar-refractivity contribution in [1.29, 1.82) is 0 Å². The van der Waals surface area contributed by atoms with Crippen molar-refractivity contribution in [2.24, 2.45) is 0 Å². The summed E-state index contributed by atoms with van der Waals surface area (Å²) >= 11 is 4.64. The number of thiophene rings is 2. The maximum atomic E-state index is 13.6. The second-order valence-electron chi connectivity index (χ2n) is 4.36. The summed E-state index contributed by atoms with van der Waals surface area (Å²) in [6.07, 6.45) is -2.61. The standard InChI is InChI=1S/C15H13OPS3/c1-12-6-8-13(9-7-12)20-17(16,14-4-2-10-18-14)15-5-3-11-19-15/h2-11H,1H3. The van der Waals surface area contributed by atoms with Gasteiger partial charge in [-0.1, -0.05) is 29.8 Å². The second-order valence-corrected chi connectivity index (χ2v) is 11.7. The molecule has 0 aliphatic rings. The third kappa shape index (κ3) is 2.79. The summed E-state index contributed by atoms with van der Waals surface area (Å²) in [5.41, 5.74) is 1.22. The van der Waals surface area contributed by atoms with E-state index in [0.717, 1.165) is 14.1 Å². The van der Waals surface area contributed by atoms with Crippen molar-refractivity contribution in [2.75, 3.05) is 0 Å². The predicted octanol–water partition coefficient (Wildman–Crippen LogP) is 5.14. The van der Waals surface area contributed by atoms with Crippen molar-refractivity contribution in [3.63, 3.8) is 0 Å². The molecule has 1 aromatic carbocycles. The van der Waals surface area contributed by atoms with Gasteiger partial charge in [-0.25, -0.2) is 0 Å². The Labute approximate surface area is 130 Å². The lowest BCUT2D eigenvalue weighted by Gasteiger charge is -2.14. The molecule has 0 aliphatic carbocycles. The van der Waals surface area contributed by atoms with E-state index in [0.29, 0.717) is 0 Å². The molecule has 0 saturated carbocycles. The lowest BCUT2D eigenvalue weighted by molar-refractivity contribution is 0.596. The largest absolute Gasteiger partial charge is 0.300 e. The summed E-state index contributed by atoms with van der Waals surface area (Å²) in [5, 5.41) is 3.98. The molecule has 0 saturated heterocycles. The monoisotopic (exact) mass is 336 g/mol. The average Bonchev–Trinajstić information content (AvgIpc) is 3.15. The topological polar surface area (TPSA) is 17.1 Å². The van der Waals surface area contributed by atoms with E-state index in [1.165, 1.54) is 16.9 Å². The zero-order valence-electron chi connectivity index (χ0n) is 10.9. The minimum absolute atomic E-state index is 0.963. The molecule has 0 spiro atoms. The highest BCUT2D eigenvalue weighted by atomic mass is 32.7. The van der Waals surface area contributed by atoms with Crippen LogP contribution in [0.4, 0.5) is 0 Å². The molecule has 0 bridgehead atoms. The zero-order valence-corrected chi connectivity index (χ0v) is 14.2. The van der Waals surface area contributed by atoms with Crippen molar-refractivity contribution in [3.8, 4) is 0 Å². The van der Waals surface area contributed by atoms with Crippen molar-refractivity contribution in [3.05, 3.63) is 64.9 Å². The molecule has 1 nitrogen and oxygen atoms in total. The normalized spacial score (nSPS) is 11.7. The molecule has 0 fully saturated rings. The summed E-state index contributed by atoms with van der Waals surface area (Å²) in [6.45, 7) is 2.06. The summed E-state index contributed by atoms with van der Waals surface area (Å²) in [6, 6.07) is 16.1. The Morgan fingerprint density at radius 3 is 1.90 bits per heavy atom. The van der Waals surface area contributed by atoms with Crippen LogP contribution < -0.4 is 9.24 Å². The van der Waals surface area contributed by atoms with E-state index < -0.39 is 6.34 Å². The van der Waals surface area contributed by atoms with E-state index in [9.17, 15) is 4.57 Å². The number of hydrogen-bond acceptors (Lipinski definition) is 4. The van der Waals surface area contributed by atoms with Gasteiger partial charge in [0.15, 0.2) is 0 Å². The SMILES string of the molecule is Cc1ccc(SP(=O)(c2cccs2)c2cccs2)cc1. The van der Waals surface area contributed by atoms with Crippen LogP contribution in [0.15, 0.2) is 64.2 Å². The van der Waals surface area contributed by atoms with Crippen LogP contribution in [0.25, 0.3) is 0 Å². The van der Waals surface area contributed by atoms with Crippen molar-refractivity contribution in [1.82, 2.24) is 0 Å². The first-order valence-electron chi connectivity index (χ1n) is 6.13. The van der Waals surface area contributed by atoms with Gasteiger partial charge in [0.2, 0.25) is 6.34 Å². The lowest BCUT2D eigenvalue weighted by atomic mass is 10.2. The maximum absolute atomic E-state index is 13.6. The molecule has 0 aliphatic heterocycles. The average molecular weight is 336 g/mol. The van der Waals surface area contributed by atoms with Gasteiger partial charge in [0.05, 0.1) is 9.24 Å². The van der Waals surface area contributed by atoms with E-state index in [2.05, 4.69) is 19.1 Å². The van der Waals surface area contributed by atoms with Crippen molar-refractivity contribution in [2.45, 2.75) is 11.8 Å². The van der Waals surface area contributed by atoms with E-state index in [1.807, 2.05) is 47.2 Å². The number of benzene rings is 1. The highest BCUT2D eigenvalue weighted by Gasteiger charge is 2.31. The van der Waals surface area contributed by atoms with Crippen LogP contribution in [-0.2, 0) is 4.57 Å². The maximum Gasteiger partial charge on any atom is 0.218 e. The molecular weight excluding hydrogens is 323 g/mol. The first-order chi connectivity index (χ1) is 9.68. The second kappa shape index (κ2) is 5.90. The molecule has 3 aromatic rings. The van der Waals surface area contributed by atoms with Gasteiger partial charge >= 0.3 is 0 Å². The highest BCUT2D eigenvalue weighted by Crippen LogP contribution is 2.61. The number of aryl methyl sites for hydroxylation is 1. The van der Waals surface area contributed by atoms with Gasteiger partial charge in [-0.2, -0.15) is 0 Å². The van der Waals surface area contributed by atoms with Crippen LogP contribution in [-0.4, -0.2) is 0 Å². The van der Waals surface area contributed by atoms with Crippen LogP contribution in [0.1, 0.15) is 5.56 Å². The molecule has 5 heteroatoms. The van der Waals surface area contributed by atoms with Gasteiger partial charge in [0.25, 0.3) is 0 Å². The van der Waals surface area contributed by atoms with Crippen LogP contribution in [0.2, 0.25) is 0 Å². The molecule has 2 aromatic heterocycles. The molecule has 0 N–H and O–H groups in total. The Kier molecular flexibility index (Phi) is 4.18. The molecule has 2 heterocycles. The third-order valence-corrected chi connectivity index (χ3v) is 11.8. The number of hydrogen-bond donors (Lipinski definition) is 0. The fraction of sp³-hybridized carbons (Fsp3) is 0.0667. The molecule has 3 rings (SSSR count). The predicted molar refractivity (Wildman–Crippen MR) is 92.5 cm³/mol. The Balaban J connectivity index is 2.03. The van der Waals surface area contributed by atoms with Gasteiger partial charge in [-0.05, 0) is 53.3 Å². The van der Waals surface area contributed by atoms with E-state index >= 15 is 0 Å². The molecule has 0 amide bonds. The van der Waals surface area contributed by atoms with Gasteiger partial charge in [-0.15, -0.1) is 22.7 Å². The smallest absolute Gasteiger partial charge is 0.218 e. The molecule has 0 atom stereocenters.